The van der Waals surface area contributed by atoms with Gasteiger partial charge in [-0.2, -0.15) is 0 Å². The van der Waals surface area contributed by atoms with Crippen LogP contribution in [0.4, 0.5) is 5.69 Å². The molecule has 0 aliphatic rings. The van der Waals surface area contributed by atoms with Gasteiger partial charge in [-0.3, -0.25) is 4.79 Å². The third-order valence-electron chi connectivity index (χ3n) is 3.54. The first-order valence-corrected chi connectivity index (χ1v) is 8.87. The predicted octanol–water partition coefficient (Wildman–Crippen LogP) is 4.09. The molecule has 0 heterocycles. The zero-order chi connectivity index (χ0) is 19.6. The van der Waals surface area contributed by atoms with E-state index >= 15 is 0 Å². The number of carbonyl (C=O) groups excluding carboxylic acids is 3. The van der Waals surface area contributed by atoms with E-state index in [4.69, 9.17) is 21.1 Å². The molecule has 0 unspecified atom stereocenters. The van der Waals surface area contributed by atoms with Crippen LogP contribution in [0, 0.1) is 0 Å². The summed E-state index contributed by atoms with van der Waals surface area (Å²) in [6.45, 7) is 1.84. The van der Waals surface area contributed by atoms with E-state index in [0.717, 1.165) is 12.8 Å². The van der Waals surface area contributed by atoms with E-state index in [1.807, 2.05) is 6.92 Å². The molecule has 1 amide bonds. The SMILES string of the molecule is CCCCOC(=O)c1cc(NC(=O)COC(=O)c2ccccc2)ccc1Cl. The van der Waals surface area contributed by atoms with Gasteiger partial charge in [0.25, 0.3) is 5.91 Å². The van der Waals surface area contributed by atoms with Crippen LogP contribution in [0.15, 0.2) is 48.5 Å². The fourth-order valence-corrected chi connectivity index (χ4v) is 2.33. The Bertz CT molecular complexity index is 807. The van der Waals surface area contributed by atoms with Crippen molar-refractivity contribution in [3.63, 3.8) is 0 Å². The molecule has 0 saturated carbocycles. The van der Waals surface area contributed by atoms with Gasteiger partial charge in [-0.05, 0) is 36.8 Å². The van der Waals surface area contributed by atoms with Crippen LogP contribution in [0.1, 0.15) is 40.5 Å². The standard InChI is InChI=1S/C20H20ClNO5/c1-2-3-11-26-20(25)16-12-15(9-10-17(16)21)22-18(23)13-27-19(24)14-7-5-4-6-8-14/h4-10,12H,2-3,11,13H2,1H3,(H,22,23). The summed E-state index contributed by atoms with van der Waals surface area (Å²) < 4.78 is 10.1. The number of esters is 2. The zero-order valence-corrected chi connectivity index (χ0v) is 15.6. The lowest BCUT2D eigenvalue weighted by molar-refractivity contribution is -0.119. The monoisotopic (exact) mass is 389 g/mol. The lowest BCUT2D eigenvalue weighted by Crippen LogP contribution is -2.21. The molecule has 1 N–H and O–H groups in total. The maximum absolute atomic E-state index is 12.1. The molecule has 0 saturated heterocycles. The number of benzene rings is 2. The Morgan fingerprint density at radius 3 is 2.44 bits per heavy atom. The van der Waals surface area contributed by atoms with Crippen LogP contribution in [-0.2, 0) is 14.3 Å². The van der Waals surface area contributed by atoms with Crippen LogP contribution >= 0.6 is 11.6 Å². The van der Waals surface area contributed by atoms with Crippen molar-refractivity contribution in [1.29, 1.82) is 0 Å². The largest absolute Gasteiger partial charge is 0.462 e. The number of hydrogen-bond acceptors (Lipinski definition) is 5. The summed E-state index contributed by atoms with van der Waals surface area (Å²) in [6, 6.07) is 12.8. The average molecular weight is 390 g/mol. The third kappa shape index (κ3) is 6.42. The summed E-state index contributed by atoms with van der Waals surface area (Å²) in [4.78, 5) is 35.9. The quantitative estimate of drug-likeness (QED) is 0.543. The van der Waals surface area contributed by atoms with Crippen molar-refractivity contribution in [2.45, 2.75) is 19.8 Å². The summed E-state index contributed by atoms with van der Waals surface area (Å²) in [6.07, 6.45) is 1.66. The number of ether oxygens (including phenoxy) is 2. The highest BCUT2D eigenvalue weighted by atomic mass is 35.5. The van der Waals surface area contributed by atoms with Crippen LogP contribution in [0.3, 0.4) is 0 Å². The minimum absolute atomic E-state index is 0.159. The molecule has 7 heteroatoms. The number of rotatable bonds is 8. The minimum Gasteiger partial charge on any atom is -0.462 e. The van der Waals surface area contributed by atoms with Gasteiger partial charge >= 0.3 is 11.9 Å². The first-order chi connectivity index (χ1) is 13.0. The maximum atomic E-state index is 12.1. The molecule has 27 heavy (non-hydrogen) atoms. The van der Waals surface area contributed by atoms with Crippen molar-refractivity contribution in [1.82, 2.24) is 0 Å². The normalized spacial score (nSPS) is 10.1. The molecular formula is C20H20ClNO5. The molecule has 0 bridgehead atoms. The Hall–Kier alpha value is -2.86. The number of halogens is 1. The second-order valence-electron chi connectivity index (χ2n) is 5.67. The van der Waals surface area contributed by atoms with E-state index < -0.39 is 24.5 Å². The molecule has 6 nitrogen and oxygen atoms in total. The smallest absolute Gasteiger partial charge is 0.339 e. The molecule has 0 aromatic heterocycles. The van der Waals surface area contributed by atoms with Crippen LogP contribution < -0.4 is 5.32 Å². The number of amides is 1. The molecule has 0 spiro atoms. The van der Waals surface area contributed by atoms with Gasteiger partial charge in [-0.15, -0.1) is 0 Å². The summed E-state index contributed by atoms with van der Waals surface area (Å²) >= 11 is 6.03. The summed E-state index contributed by atoms with van der Waals surface area (Å²) in [7, 11) is 0. The highest BCUT2D eigenvalue weighted by Gasteiger charge is 2.15. The number of carbonyl (C=O) groups is 3. The summed E-state index contributed by atoms with van der Waals surface area (Å²) in [5.41, 5.74) is 0.864. The van der Waals surface area contributed by atoms with Crippen molar-refractivity contribution >= 4 is 35.1 Å². The fourth-order valence-electron chi connectivity index (χ4n) is 2.13. The first kappa shape index (κ1) is 20.5. The molecule has 142 valence electrons. The van der Waals surface area contributed by atoms with E-state index in [0.29, 0.717) is 17.9 Å². The Kier molecular flexibility index (Phi) is 7.82. The second-order valence-corrected chi connectivity index (χ2v) is 6.08. The van der Waals surface area contributed by atoms with Gasteiger partial charge in [0.2, 0.25) is 0 Å². The zero-order valence-electron chi connectivity index (χ0n) is 14.9. The van der Waals surface area contributed by atoms with Crippen molar-refractivity contribution < 1.29 is 23.9 Å². The molecule has 0 aliphatic carbocycles. The van der Waals surface area contributed by atoms with Crippen molar-refractivity contribution in [2.24, 2.45) is 0 Å². The van der Waals surface area contributed by atoms with Crippen LogP contribution in [0.25, 0.3) is 0 Å². The fraction of sp³-hybridized carbons (Fsp3) is 0.250. The van der Waals surface area contributed by atoms with Gasteiger partial charge in [-0.25, -0.2) is 9.59 Å². The average Bonchev–Trinajstić information content (AvgIpc) is 2.68. The Morgan fingerprint density at radius 2 is 1.74 bits per heavy atom. The van der Waals surface area contributed by atoms with Crippen molar-refractivity contribution in [2.75, 3.05) is 18.5 Å². The van der Waals surface area contributed by atoms with E-state index in [1.54, 1.807) is 36.4 Å². The number of hydrogen-bond donors (Lipinski definition) is 1. The van der Waals surface area contributed by atoms with E-state index in [1.165, 1.54) is 12.1 Å². The Morgan fingerprint density at radius 1 is 1.00 bits per heavy atom. The van der Waals surface area contributed by atoms with Crippen molar-refractivity contribution in [3.05, 3.63) is 64.7 Å². The highest BCUT2D eigenvalue weighted by Crippen LogP contribution is 2.21. The van der Waals surface area contributed by atoms with E-state index in [9.17, 15) is 14.4 Å². The highest BCUT2D eigenvalue weighted by molar-refractivity contribution is 6.33. The summed E-state index contributed by atoms with van der Waals surface area (Å²) in [5, 5.41) is 2.78. The van der Waals surface area contributed by atoms with Crippen LogP contribution in [0.5, 0.6) is 0 Å². The summed E-state index contributed by atoms with van der Waals surface area (Å²) in [5.74, 6) is -1.69. The predicted molar refractivity (Wildman–Crippen MR) is 102 cm³/mol. The molecule has 0 aliphatic heterocycles. The van der Waals surface area contributed by atoms with E-state index in [2.05, 4.69) is 5.32 Å². The lowest BCUT2D eigenvalue weighted by Gasteiger charge is -2.10. The maximum Gasteiger partial charge on any atom is 0.339 e. The molecule has 2 aromatic rings. The number of anilines is 1. The van der Waals surface area contributed by atoms with Gasteiger partial charge in [0.1, 0.15) is 0 Å². The first-order valence-electron chi connectivity index (χ1n) is 8.50. The van der Waals surface area contributed by atoms with Gasteiger partial charge in [0.05, 0.1) is 22.8 Å². The Balaban J connectivity index is 1.92. The number of unbranched alkanes of at least 4 members (excludes halogenated alkanes) is 1. The number of nitrogens with one attached hydrogen (secondary N) is 1. The Labute approximate surface area is 162 Å². The lowest BCUT2D eigenvalue weighted by atomic mass is 10.2. The molecule has 0 radical (unpaired) electrons. The van der Waals surface area contributed by atoms with Gasteiger partial charge in [0, 0.05) is 5.69 Å². The molecule has 0 fully saturated rings. The van der Waals surface area contributed by atoms with E-state index in [-0.39, 0.29) is 10.6 Å². The van der Waals surface area contributed by atoms with Gasteiger partial charge < -0.3 is 14.8 Å². The van der Waals surface area contributed by atoms with Gasteiger partial charge in [-0.1, -0.05) is 43.1 Å². The van der Waals surface area contributed by atoms with Crippen LogP contribution in [0.2, 0.25) is 5.02 Å². The molecule has 2 aromatic carbocycles. The van der Waals surface area contributed by atoms with Gasteiger partial charge in [0.15, 0.2) is 6.61 Å². The molecule has 0 atom stereocenters. The topological polar surface area (TPSA) is 81.7 Å². The van der Waals surface area contributed by atoms with Crippen LogP contribution in [-0.4, -0.2) is 31.1 Å². The molecular weight excluding hydrogens is 370 g/mol. The third-order valence-corrected chi connectivity index (χ3v) is 3.87. The molecule has 2 rings (SSSR count). The van der Waals surface area contributed by atoms with Crippen molar-refractivity contribution in [3.8, 4) is 0 Å². The second kappa shape index (κ2) is 10.3. The minimum atomic E-state index is -0.595.